The van der Waals surface area contributed by atoms with Crippen molar-refractivity contribution in [2.45, 2.75) is 6.18 Å². The fraction of sp³-hybridized carbons (Fsp3) is 0.0588. The summed E-state index contributed by atoms with van der Waals surface area (Å²) in [6.45, 7) is 0. The third-order valence-corrected chi connectivity index (χ3v) is 3.55. The van der Waals surface area contributed by atoms with Crippen LogP contribution in [-0.2, 0) is 11.0 Å². The third kappa shape index (κ3) is 5.13. The van der Waals surface area contributed by atoms with Crippen LogP contribution in [0.3, 0.4) is 0 Å². The number of halogens is 3. The lowest BCUT2D eigenvalue weighted by Gasteiger charge is -2.13. The van der Waals surface area contributed by atoms with Crippen LogP contribution in [0.2, 0.25) is 0 Å². The number of nitrogens with one attached hydrogen (secondary N) is 1. The van der Waals surface area contributed by atoms with Crippen LogP contribution in [0, 0.1) is 31.6 Å². The van der Waals surface area contributed by atoms with Crippen LogP contribution in [0.4, 0.5) is 30.2 Å². The molecule has 9 nitrogen and oxygen atoms in total. The number of nitro groups is 2. The van der Waals surface area contributed by atoms with Crippen LogP contribution in [-0.4, -0.2) is 15.8 Å². The molecule has 0 fully saturated rings. The summed E-state index contributed by atoms with van der Waals surface area (Å²) >= 11 is 0. The molecule has 0 aliphatic carbocycles. The van der Waals surface area contributed by atoms with E-state index in [2.05, 4.69) is 0 Å². The molecule has 2 aromatic carbocycles. The molecule has 0 radical (unpaired) electrons. The Bertz CT molecular complexity index is 1060. The molecule has 12 heteroatoms. The molecule has 0 spiro atoms. The van der Waals surface area contributed by atoms with Gasteiger partial charge in [0.1, 0.15) is 11.6 Å². The smallest absolute Gasteiger partial charge is 0.321 e. The van der Waals surface area contributed by atoms with Gasteiger partial charge in [0.25, 0.3) is 17.3 Å². The number of hydrogen-bond donors (Lipinski definition) is 1. The van der Waals surface area contributed by atoms with E-state index in [9.17, 15) is 38.2 Å². The number of anilines is 1. The topological polar surface area (TPSA) is 139 Å². The van der Waals surface area contributed by atoms with Crippen LogP contribution >= 0.6 is 0 Å². The van der Waals surface area contributed by atoms with Crippen LogP contribution in [0.5, 0.6) is 0 Å². The summed E-state index contributed by atoms with van der Waals surface area (Å²) in [6, 6.07) is 8.01. The molecule has 148 valence electrons. The van der Waals surface area contributed by atoms with Gasteiger partial charge in [-0.1, -0.05) is 0 Å². The summed E-state index contributed by atoms with van der Waals surface area (Å²) in [5.41, 5.74) is -3.62. The van der Waals surface area contributed by atoms with Crippen molar-refractivity contribution in [3.8, 4) is 6.07 Å². The Morgan fingerprint density at radius 2 is 1.59 bits per heavy atom. The van der Waals surface area contributed by atoms with Crippen molar-refractivity contribution in [3.05, 3.63) is 79.4 Å². The molecule has 29 heavy (non-hydrogen) atoms. The molecule has 0 atom stereocenters. The van der Waals surface area contributed by atoms with Gasteiger partial charge >= 0.3 is 6.18 Å². The average molecular weight is 406 g/mol. The van der Waals surface area contributed by atoms with Crippen molar-refractivity contribution in [2.24, 2.45) is 0 Å². The predicted octanol–water partition coefficient (Wildman–Crippen LogP) is 4.07. The quantitative estimate of drug-likeness (QED) is 0.344. The first-order valence-corrected chi connectivity index (χ1v) is 7.56. The van der Waals surface area contributed by atoms with Gasteiger partial charge < -0.3 is 5.32 Å². The largest absolute Gasteiger partial charge is 0.418 e. The van der Waals surface area contributed by atoms with E-state index in [0.29, 0.717) is 6.07 Å². The van der Waals surface area contributed by atoms with Gasteiger partial charge in [-0.3, -0.25) is 25.0 Å². The van der Waals surface area contributed by atoms with Gasteiger partial charge in [0, 0.05) is 24.3 Å². The average Bonchev–Trinajstić information content (AvgIpc) is 2.65. The normalized spacial score (nSPS) is 11.4. The summed E-state index contributed by atoms with van der Waals surface area (Å²) in [4.78, 5) is 31.9. The van der Waals surface area contributed by atoms with Crippen molar-refractivity contribution < 1.29 is 27.8 Å². The number of alkyl halides is 3. The highest BCUT2D eigenvalue weighted by atomic mass is 19.4. The molecule has 0 saturated carbocycles. The zero-order valence-corrected chi connectivity index (χ0v) is 14.1. The summed E-state index contributed by atoms with van der Waals surface area (Å²) < 4.78 is 39.5. The number of nitro benzene ring substituents is 2. The molecule has 0 heterocycles. The van der Waals surface area contributed by atoms with Gasteiger partial charge in [-0.2, -0.15) is 18.4 Å². The molecule has 0 aliphatic rings. The van der Waals surface area contributed by atoms with Crippen LogP contribution in [0.25, 0.3) is 6.08 Å². The SMILES string of the molecule is N#CC(=Cc1ccc([N+](=O)[O-])cc1)C(=O)Nc1ccc([N+](=O)[O-])cc1C(F)(F)F. The number of benzene rings is 2. The van der Waals surface area contributed by atoms with Crippen molar-refractivity contribution >= 4 is 29.0 Å². The molecule has 0 bridgehead atoms. The third-order valence-electron chi connectivity index (χ3n) is 3.55. The van der Waals surface area contributed by atoms with Gasteiger partial charge in [-0.15, -0.1) is 0 Å². The highest BCUT2D eigenvalue weighted by Crippen LogP contribution is 2.37. The van der Waals surface area contributed by atoms with E-state index < -0.39 is 44.4 Å². The minimum atomic E-state index is -5.00. The second-order valence-corrected chi connectivity index (χ2v) is 5.46. The van der Waals surface area contributed by atoms with E-state index in [-0.39, 0.29) is 17.3 Å². The first-order chi connectivity index (χ1) is 13.5. The Balaban J connectivity index is 2.35. The lowest BCUT2D eigenvalue weighted by Crippen LogP contribution is -2.18. The summed E-state index contributed by atoms with van der Waals surface area (Å²) in [5.74, 6) is -1.19. The Morgan fingerprint density at radius 3 is 2.07 bits per heavy atom. The number of hydrogen-bond acceptors (Lipinski definition) is 6. The monoisotopic (exact) mass is 406 g/mol. The number of non-ortho nitro benzene ring substituents is 2. The maximum Gasteiger partial charge on any atom is 0.418 e. The fourth-order valence-electron chi connectivity index (χ4n) is 2.19. The van der Waals surface area contributed by atoms with E-state index >= 15 is 0 Å². The zero-order chi connectivity index (χ0) is 21.8. The molecule has 0 saturated heterocycles. The number of nitriles is 1. The number of rotatable bonds is 5. The molecule has 0 aliphatic heterocycles. The molecule has 2 rings (SSSR count). The van der Waals surface area contributed by atoms with Gasteiger partial charge in [0.2, 0.25) is 0 Å². The van der Waals surface area contributed by atoms with Gasteiger partial charge in [0.05, 0.1) is 21.1 Å². The molecule has 2 aromatic rings. The highest BCUT2D eigenvalue weighted by Gasteiger charge is 2.35. The van der Waals surface area contributed by atoms with E-state index in [1.165, 1.54) is 18.2 Å². The molecule has 0 aromatic heterocycles. The minimum absolute atomic E-state index is 0.224. The van der Waals surface area contributed by atoms with Crippen molar-refractivity contribution in [1.29, 1.82) is 5.26 Å². The zero-order valence-electron chi connectivity index (χ0n) is 14.1. The first kappa shape index (κ1) is 21.0. The van der Waals surface area contributed by atoms with E-state index in [1.54, 1.807) is 0 Å². The Labute approximate surface area is 160 Å². The molecule has 1 N–H and O–H groups in total. The van der Waals surface area contributed by atoms with Crippen molar-refractivity contribution in [2.75, 3.05) is 5.32 Å². The molecule has 0 unspecified atom stereocenters. The summed E-state index contributed by atoms with van der Waals surface area (Å²) in [5, 5.41) is 32.3. The molecular weight excluding hydrogens is 397 g/mol. The number of carbonyl (C=O) groups excluding carboxylic acids is 1. The van der Waals surface area contributed by atoms with Gasteiger partial charge in [-0.25, -0.2) is 0 Å². The molecular formula is C17H9F3N4O5. The minimum Gasteiger partial charge on any atom is -0.321 e. The Kier molecular flexibility index (Phi) is 5.93. The second-order valence-electron chi connectivity index (χ2n) is 5.46. The maximum atomic E-state index is 13.2. The van der Waals surface area contributed by atoms with E-state index in [0.717, 1.165) is 24.3 Å². The Morgan fingerprint density at radius 1 is 1.03 bits per heavy atom. The van der Waals surface area contributed by atoms with E-state index in [1.807, 2.05) is 5.32 Å². The second kappa shape index (κ2) is 8.17. The summed E-state index contributed by atoms with van der Waals surface area (Å²) in [6.07, 6.45) is -3.97. The summed E-state index contributed by atoms with van der Waals surface area (Å²) in [7, 11) is 0. The highest BCUT2D eigenvalue weighted by molar-refractivity contribution is 6.10. The standard InChI is InChI=1S/C17H9F3N4O5/c18-17(19,20)14-8-13(24(28)29)5-6-15(14)22-16(25)11(9-21)7-10-1-3-12(4-2-10)23(26)27/h1-8H,(H,22,25). The van der Waals surface area contributed by atoms with Crippen molar-refractivity contribution in [3.63, 3.8) is 0 Å². The van der Waals surface area contributed by atoms with E-state index in [4.69, 9.17) is 5.26 Å². The van der Waals surface area contributed by atoms with Gasteiger partial charge in [-0.05, 0) is 29.8 Å². The number of nitrogens with zero attached hydrogens (tertiary/aromatic N) is 3. The lowest BCUT2D eigenvalue weighted by atomic mass is 10.1. The van der Waals surface area contributed by atoms with Gasteiger partial charge in [0.15, 0.2) is 0 Å². The predicted molar refractivity (Wildman–Crippen MR) is 93.4 cm³/mol. The first-order valence-electron chi connectivity index (χ1n) is 7.56. The Hall–Kier alpha value is -4.27. The number of carbonyl (C=O) groups is 1. The molecule has 1 amide bonds. The van der Waals surface area contributed by atoms with Crippen molar-refractivity contribution in [1.82, 2.24) is 0 Å². The fourth-order valence-corrected chi connectivity index (χ4v) is 2.19. The number of amides is 1. The van der Waals surface area contributed by atoms with Crippen LogP contribution < -0.4 is 5.32 Å². The maximum absolute atomic E-state index is 13.2. The van der Waals surface area contributed by atoms with Crippen LogP contribution in [0.1, 0.15) is 11.1 Å². The lowest BCUT2D eigenvalue weighted by molar-refractivity contribution is -0.385. The van der Waals surface area contributed by atoms with Crippen LogP contribution in [0.15, 0.2) is 48.0 Å².